The van der Waals surface area contributed by atoms with Gasteiger partial charge in [0.1, 0.15) is 0 Å². The number of nitrogens with one attached hydrogen (secondary N) is 1. The molecule has 0 bridgehead atoms. The van der Waals surface area contributed by atoms with Gasteiger partial charge in [-0.25, -0.2) is 0 Å². The summed E-state index contributed by atoms with van der Waals surface area (Å²) in [5.41, 5.74) is 0.702. The first kappa shape index (κ1) is 11.5. The van der Waals surface area contributed by atoms with Crippen molar-refractivity contribution in [3.63, 3.8) is 0 Å². The van der Waals surface area contributed by atoms with Crippen molar-refractivity contribution in [3.05, 3.63) is 22.7 Å². The van der Waals surface area contributed by atoms with Gasteiger partial charge in [-0.15, -0.1) is 0 Å². The highest BCUT2D eigenvalue weighted by molar-refractivity contribution is 6.32. The van der Waals surface area contributed by atoms with Crippen LogP contribution in [0.3, 0.4) is 0 Å². The average molecular weight is 244 g/mol. The second-order valence-electron chi connectivity index (χ2n) is 3.58. The average Bonchev–Trinajstić information content (AvgIpc) is 2.31. The van der Waals surface area contributed by atoms with Crippen molar-refractivity contribution in [2.75, 3.05) is 26.8 Å². The highest BCUT2D eigenvalue weighted by Crippen LogP contribution is 2.40. The Kier molecular flexibility index (Phi) is 3.53. The van der Waals surface area contributed by atoms with Crippen molar-refractivity contribution in [1.82, 2.24) is 5.32 Å². The van der Waals surface area contributed by atoms with Gasteiger partial charge in [-0.2, -0.15) is 0 Å². The number of morpholine rings is 1. The number of methoxy groups -OCH3 is 1. The Bertz CT molecular complexity index is 378. The Morgan fingerprint density at radius 3 is 3.00 bits per heavy atom. The lowest BCUT2D eigenvalue weighted by Gasteiger charge is -2.25. The fourth-order valence-corrected chi connectivity index (χ4v) is 2.01. The zero-order valence-corrected chi connectivity index (χ0v) is 9.75. The Balaban J connectivity index is 2.33. The van der Waals surface area contributed by atoms with Crippen LogP contribution < -0.4 is 10.1 Å². The molecule has 4 nitrogen and oxygen atoms in total. The molecule has 1 saturated heterocycles. The van der Waals surface area contributed by atoms with Gasteiger partial charge in [0, 0.05) is 18.7 Å². The van der Waals surface area contributed by atoms with Gasteiger partial charge in [-0.05, 0) is 6.07 Å². The van der Waals surface area contributed by atoms with E-state index in [1.807, 2.05) is 0 Å². The summed E-state index contributed by atoms with van der Waals surface area (Å²) in [6.45, 7) is 2.15. The third kappa shape index (κ3) is 2.09. The van der Waals surface area contributed by atoms with E-state index in [4.69, 9.17) is 21.1 Å². The molecule has 88 valence electrons. The van der Waals surface area contributed by atoms with Gasteiger partial charge in [-0.1, -0.05) is 17.7 Å². The van der Waals surface area contributed by atoms with Gasteiger partial charge in [0.05, 0.1) is 24.8 Å². The molecule has 1 atom stereocenters. The molecule has 2 N–H and O–H groups in total. The van der Waals surface area contributed by atoms with Crippen LogP contribution in [0.25, 0.3) is 0 Å². The zero-order chi connectivity index (χ0) is 11.5. The number of benzene rings is 1. The van der Waals surface area contributed by atoms with E-state index in [9.17, 15) is 5.11 Å². The monoisotopic (exact) mass is 243 g/mol. The summed E-state index contributed by atoms with van der Waals surface area (Å²) in [6, 6.07) is 3.46. The van der Waals surface area contributed by atoms with Crippen LogP contribution in [-0.4, -0.2) is 31.9 Å². The molecule has 0 amide bonds. The summed E-state index contributed by atoms with van der Waals surface area (Å²) in [5.74, 6) is 0.358. The topological polar surface area (TPSA) is 50.7 Å². The smallest absolute Gasteiger partial charge is 0.179 e. The van der Waals surface area contributed by atoms with Crippen LogP contribution in [0.2, 0.25) is 5.02 Å². The molecule has 0 aromatic heterocycles. The van der Waals surface area contributed by atoms with Gasteiger partial charge < -0.3 is 19.9 Å². The Morgan fingerprint density at radius 2 is 2.38 bits per heavy atom. The molecular formula is C11H14ClNO3. The van der Waals surface area contributed by atoms with E-state index in [-0.39, 0.29) is 11.9 Å². The lowest BCUT2D eigenvalue weighted by molar-refractivity contribution is 0.0261. The maximum Gasteiger partial charge on any atom is 0.179 e. The minimum absolute atomic E-state index is 0.0590. The summed E-state index contributed by atoms with van der Waals surface area (Å²) < 4.78 is 10.6. The molecule has 0 spiro atoms. The van der Waals surface area contributed by atoms with Crippen LogP contribution >= 0.6 is 11.6 Å². The largest absolute Gasteiger partial charge is 0.504 e. The molecule has 16 heavy (non-hydrogen) atoms. The second kappa shape index (κ2) is 4.91. The van der Waals surface area contributed by atoms with Crippen LogP contribution in [0.15, 0.2) is 12.1 Å². The Labute approximate surface area is 99.1 Å². The number of phenolic OH excluding ortho intramolecular Hbond substituents is 1. The normalized spacial score (nSPS) is 20.8. The van der Waals surface area contributed by atoms with Crippen molar-refractivity contribution < 1.29 is 14.6 Å². The SMILES string of the molecule is COc1c(Cl)ccc(C2CNCCO2)c1O. The van der Waals surface area contributed by atoms with Crippen LogP contribution in [-0.2, 0) is 4.74 Å². The predicted molar refractivity (Wildman–Crippen MR) is 61.2 cm³/mol. The van der Waals surface area contributed by atoms with E-state index in [0.717, 1.165) is 6.54 Å². The van der Waals surface area contributed by atoms with Crippen LogP contribution in [0.1, 0.15) is 11.7 Å². The molecule has 0 radical (unpaired) electrons. The van der Waals surface area contributed by atoms with E-state index in [0.29, 0.717) is 29.5 Å². The first-order valence-electron chi connectivity index (χ1n) is 5.11. The standard InChI is InChI=1S/C11H14ClNO3/c1-15-11-8(12)3-2-7(10(11)14)9-6-13-4-5-16-9/h2-3,9,13-14H,4-6H2,1H3. The fraction of sp³-hybridized carbons (Fsp3) is 0.455. The number of phenols is 1. The first-order chi connectivity index (χ1) is 7.74. The Hall–Kier alpha value is -0.970. The van der Waals surface area contributed by atoms with Crippen LogP contribution in [0.5, 0.6) is 11.5 Å². The molecule has 1 aromatic carbocycles. The van der Waals surface area contributed by atoms with E-state index >= 15 is 0 Å². The van der Waals surface area contributed by atoms with Gasteiger partial charge in [0.15, 0.2) is 11.5 Å². The van der Waals surface area contributed by atoms with Gasteiger partial charge in [0.2, 0.25) is 0 Å². The van der Waals surface area contributed by atoms with Crippen LogP contribution in [0, 0.1) is 0 Å². The molecule has 1 fully saturated rings. The van der Waals surface area contributed by atoms with Gasteiger partial charge >= 0.3 is 0 Å². The quantitative estimate of drug-likeness (QED) is 0.831. The molecular weight excluding hydrogens is 230 g/mol. The molecule has 1 aromatic rings. The Morgan fingerprint density at radius 1 is 1.56 bits per heavy atom. The third-order valence-electron chi connectivity index (χ3n) is 2.59. The minimum atomic E-state index is -0.153. The number of ether oxygens (including phenoxy) is 2. The number of halogens is 1. The highest BCUT2D eigenvalue weighted by atomic mass is 35.5. The van der Waals surface area contributed by atoms with Crippen molar-refractivity contribution in [2.24, 2.45) is 0 Å². The van der Waals surface area contributed by atoms with Crippen LogP contribution in [0.4, 0.5) is 0 Å². The molecule has 1 heterocycles. The number of rotatable bonds is 2. The van der Waals surface area contributed by atoms with Crippen molar-refractivity contribution in [3.8, 4) is 11.5 Å². The third-order valence-corrected chi connectivity index (χ3v) is 2.89. The lowest BCUT2D eigenvalue weighted by Crippen LogP contribution is -2.33. The van der Waals surface area contributed by atoms with E-state index in [1.165, 1.54) is 7.11 Å². The molecule has 2 rings (SSSR count). The van der Waals surface area contributed by atoms with Crippen molar-refractivity contribution in [2.45, 2.75) is 6.10 Å². The summed E-state index contributed by atoms with van der Waals surface area (Å²) in [6.07, 6.45) is -0.153. The second-order valence-corrected chi connectivity index (χ2v) is 3.99. The number of hydrogen-bond donors (Lipinski definition) is 2. The van der Waals surface area contributed by atoms with Gasteiger partial charge in [0.25, 0.3) is 0 Å². The summed E-state index contributed by atoms with van der Waals surface area (Å²) in [4.78, 5) is 0. The van der Waals surface area contributed by atoms with E-state index in [1.54, 1.807) is 12.1 Å². The maximum atomic E-state index is 10.0. The molecule has 0 saturated carbocycles. The highest BCUT2D eigenvalue weighted by Gasteiger charge is 2.22. The molecule has 1 aliphatic heterocycles. The molecule has 0 aliphatic carbocycles. The molecule has 5 heteroatoms. The minimum Gasteiger partial charge on any atom is -0.504 e. The van der Waals surface area contributed by atoms with Gasteiger partial charge in [-0.3, -0.25) is 0 Å². The van der Waals surface area contributed by atoms with E-state index < -0.39 is 0 Å². The summed E-state index contributed by atoms with van der Waals surface area (Å²) >= 11 is 5.90. The number of hydrogen-bond acceptors (Lipinski definition) is 4. The summed E-state index contributed by atoms with van der Waals surface area (Å²) in [5, 5.41) is 13.6. The van der Waals surface area contributed by atoms with E-state index in [2.05, 4.69) is 5.32 Å². The van der Waals surface area contributed by atoms with Crippen molar-refractivity contribution in [1.29, 1.82) is 0 Å². The summed E-state index contributed by atoms with van der Waals surface area (Å²) in [7, 11) is 1.48. The first-order valence-corrected chi connectivity index (χ1v) is 5.49. The lowest BCUT2D eigenvalue weighted by atomic mass is 10.1. The number of aromatic hydroxyl groups is 1. The molecule has 1 aliphatic rings. The zero-order valence-electron chi connectivity index (χ0n) is 9.00. The maximum absolute atomic E-state index is 10.0. The fourth-order valence-electron chi connectivity index (χ4n) is 1.78. The predicted octanol–water partition coefficient (Wildman–Crippen LogP) is 1.72. The molecule has 1 unspecified atom stereocenters. The van der Waals surface area contributed by atoms with Crippen molar-refractivity contribution >= 4 is 11.6 Å².